The van der Waals surface area contributed by atoms with E-state index in [0.29, 0.717) is 27.7 Å². The van der Waals surface area contributed by atoms with Gasteiger partial charge in [0.05, 0.1) is 17.0 Å². The fraction of sp³-hybridized carbons (Fsp3) is 0.0909. The van der Waals surface area contributed by atoms with E-state index in [1.807, 2.05) is 66.9 Å². The Balaban J connectivity index is 1.70. The fourth-order valence-corrected chi connectivity index (χ4v) is 4.10. The van der Waals surface area contributed by atoms with Gasteiger partial charge in [0.25, 0.3) is 5.56 Å². The SMILES string of the molecule is CCOc1ccc(/C=C(\Cl)c2nc3scc(-c4ccccc4)c3c(=O)[nH]2)cc1. The summed E-state index contributed by atoms with van der Waals surface area (Å²) in [6.07, 6.45) is 1.77. The first-order valence-corrected chi connectivity index (χ1v) is 10.1. The summed E-state index contributed by atoms with van der Waals surface area (Å²) in [7, 11) is 0. The largest absolute Gasteiger partial charge is 0.494 e. The summed E-state index contributed by atoms with van der Waals surface area (Å²) in [5.74, 6) is 1.16. The van der Waals surface area contributed by atoms with Crippen LogP contribution < -0.4 is 10.3 Å². The van der Waals surface area contributed by atoms with E-state index < -0.39 is 0 Å². The van der Waals surface area contributed by atoms with E-state index in [0.717, 1.165) is 22.4 Å². The van der Waals surface area contributed by atoms with Crippen LogP contribution in [0.1, 0.15) is 18.3 Å². The van der Waals surface area contributed by atoms with E-state index in [4.69, 9.17) is 16.3 Å². The van der Waals surface area contributed by atoms with Gasteiger partial charge >= 0.3 is 0 Å². The van der Waals surface area contributed by atoms with Gasteiger partial charge in [0.1, 0.15) is 10.6 Å². The highest BCUT2D eigenvalue weighted by Gasteiger charge is 2.14. The molecule has 2 aromatic heterocycles. The van der Waals surface area contributed by atoms with Gasteiger partial charge in [-0.25, -0.2) is 4.98 Å². The van der Waals surface area contributed by atoms with Gasteiger partial charge in [-0.2, -0.15) is 0 Å². The number of benzene rings is 2. The van der Waals surface area contributed by atoms with Crippen molar-refractivity contribution in [3.05, 3.63) is 81.7 Å². The maximum Gasteiger partial charge on any atom is 0.260 e. The van der Waals surface area contributed by atoms with Crippen LogP contribution in [0, 0.1) is 0 Å². The van der Waals surface area contributed by atoms with Gasteiger partial charge in [-0.15, -0.1) is 11.3 Å². The molecule has 0 aliphatic carbocycles. The number of rotatable bonds is 5. The van der Waals surface area contributed by atoms with Crippen LogP contribution in [0.3, 0.4) is 0 Å². The quantitative estimate of drug-likeness (QED) is 0.455. The average Bonchev–Trinajstić information content (AvgIpc) is 3.15. The number of aromatic nitrogens is 2. The molecule has 28 heavy (non-hydrogen) atoms. The number of halogens is 1. The smallest absolute Gasteiger partial charge is 0.260 e. The molecule has 0 spiro atoms. The van der Waals surface area contributed by atoms with Crippen molar-refractivity contribution in [2.45, 2.75) is 6.92 Å². The zero-order valence-electron chi connectivity index (χ0n) is 15.1. The Bertz CT molecular complexity index is 1190. The van der Waals surface area contributed by atoms with Crippen LogP contribution in [-0.4, -0.2) is 16.6 Å². The topological polar surface area (TPSA) is 55.0 Å². The Hall–Kier alpha value is -2.89. The van der Waals surface area contributed by atoms with E-state index in [-0.39, 0.29) is 5.56 Å². The second-order valence-corrected chi connectivity index (χ2v) is 7.37. The minimum absolute atomic E-state index is 0.196. The number of nitrogens with zero attached hydrogens (tertiary/aromatic N) is 1. The molecular weight excluding hydrogens is 392 g/mol. The summed E-state index contributed by atoms with van der Waals surface area (Å²) in [5.41, 5.74) is 2.57. The van der Waals surface area contributed by atoms with Crippen molar-refractivity contribution in [1.29, 1.82) is 0 Å². The van der Waals surface area contributed by atoms with E-state index in [2.05, 4.69) is 9.97 Å². The number of fused-ring (bicyclic) bond motifs is 1. The van der Waals surface area contributed by atoms with Crippen molar-refractivity contribution in [2.24, 2.45) is 0 Å². The van der Waals surface area contributed by atoms with E-state index in [1.54, 1.807) is 6.08 Å². The number of aromatic amines is 1. The average molecular weight is 409 g/mol. The van der Waals surface area contributed by atoms with Gasteiger partial charge in [0.2, 0.25) is 0 Å². The van der Waals surface area contributed by atoms with Gasteiger partial charge in [0, 0.05) is 10.9 Å². The molecule has 0 amide bonds. The van der Waals surface area contributed by atoms with Crippen molar-refractivity contribution in [2.75, 3.05) is 6.61 Å². The second kappa shape index (κ2) is 8.00. The first kappa shape index (κ1) is 18.5. The number of hydrogen-bond donors (Lipinski definition) is 1. The Morgan fingerprint density at radius 1 is 1.18 bits per heavy atom. The summed E-state index contributed by atoms with van der Waals surface area (Å²) < 4.78 is 5.44. The molecular formula is C22H17ClN2O2S. The standard InChI is InChI=1S/C22H17ClN2O2S/c1-2-27-16-10-8-14(9-11-16)12-18(23)20-24-21(26)19-17(13-28-22(19)25-20)15-6-4-3-5-7-15/h3-13H,2H2,1H3,(H,24,25,26)/b18-12-. The van der Waals surface area contributed by atoms with E-state index in [1.165, 1.54) is 11.3 Å². The summed E-state index contributed by atoms with van der Waals surface area (Å²) in [4.78, 5) is 20.8. The van der Waals surface area contributed by atoms with Crippen LogP contribution in [0.15, 0.2) is 64.8 Å². The summed E-state index contributed by atoms with van der Waals surface area (Å²) in [6.45, 7) is 2.56. The fourth-order valence-electron chi connectivity index (χ4n) is 2.93. The Morgan fingerprint density at radius 3 is 2.64 bits per heavy atom. The Kier molecular flexibility index (Phi) is 5.28. The van der Waals surface area contributed by atoms with Crippen molar-refractivity contribution in [3.63, 3.8) is 0 Å². The number of nitrogens with one attached hydrogen (secondary N) is 1. The molecule has 4 nitrogen and oxygen atoms in total. The molecule has 0 fully saturated rings. The second-order valence-electron chi connectivity index (χ2n) is 6.10. The molecule has 2 aromatic carbocycles. The third-order valence-corrected chi connectivity index (χ3v) is 5.40. The van der Waals surface area contributed by atoms with Crippen molar-refractivity contribution < 1.29 is 4.74 Å². The number of ether oxygens (including phenoxy) is 1. The van der Waals surface area contributed by atoms with Crippen molar-refractivity contribution in [1.82, 2.24) is 9.97 Å². The summed E-state index contributed by atoms with van der Waals surface area (Å²) >= 11 is 7.87. The van der Waals surface area contributed by atoms with Crippen LogP contribution in [0.4, 0.5) is 0 Å². The van der Waals surface area contributed by atoms with Crippen molar-refractivity contribution in [3.8, 4) is 16.9 Å². The van der Waals surface area contributed by atoms with Gasteiger partial charge < -0.3 is 9.72 Å². The minimum atomic E-state index is -0.196. The lowest BCUT2D eigenvalue weighted by Crippen LogP contribution is -2.10. The van der Waals surface area contributed by atoms with Crippen LogP contribution in [-0.2, 0) is 0 Å². The molecule has 140 valence electrons. The third-order valence-electron chi connectivity index (χ3n) is 4.24. The number of hydrogen-bond acceptors (Lipinski definition) is 4. The first-order valence-electron chi connectivity index (χ1n) is 8.83. The van der Waals surface area contributed by atoms with Gasteiger partial charge in [0.15, 0.2) is 5.82 Å². The molecule has 6 heteroatoms. The summed E-state index contributed by atoms with van der Waals surface area (Å²) in [5, 5.41) is 2.92. The predicted molar refractivity (Wildman–Crippen MR) is 117 cm³/mol. The number of H-pyrrole nitrogens is 1. The molecule has 4 rings (SSSR count). The van der Waals surface area contributed by atoms with Crippen LogP contribution >= 0.6 is 22.9 Å². The maximum absolute atomic E-state index is 12.7. The monoisotopic (exact) mass is 408 g/mol. The molecule has 0 aliphatic rings. The molecule has 2 heterocycles. The van der Waals surface area contributed by atoms with Gasteiger partial charge in [-0.3, -0.25) is 4.79 Å². The maximum atomic E-state index is 12.7. The number of thiophene rings is 1. The molecule has 0 aliphatic heterocycles. The van der Waals surface area contributed by atoms with Gasteiger partial charge in [-0.1, -0.05) is 54.1 Å². The van der Waals surface area contributed by atoms with Crippen molar-refractivity contribution >= 4 is 44.3 Å². The molecule has 0 bridgehead atoms. The van der Waals surface area contributed by atoms with Crippen LogP contribution in [0.5, 0.6) is 5.75 Å². The highest BCUT2D eigenvalue weighted by atomic mass is 35.5. The third kappa shape index (κ3) is 3.72. The Labute approximate surface area is 171 Å². The molecule has 0 unspecified atom stereocenters. The molecule has 0 atom stereocenters. The zero-order valence-corrected chi connectivity index (χ0v) is 16.7. The zero-order chi connectivity index (χ0) is 19.5. The lowest BCUT2D eigenvalue weighted by molar-refractivity contribution is 0.340. The highest BCUT2D eigenvalue weighted by Crippen LogP contribution is 2.31. The minimum Gasteiger partial charge on any atom is -0.494 e. The molecule has 0 saturated carbocycles. The normalized spacial score (nSPS) is 11.7. The van der Waals surface area contributed by atoms with E-state index in [9.17, 15) is 4.79 Å². The summed E-state index contributed by atoms with van der Waals surface area (Å²) in [6, 6.07) is 17.4. The van der Waals surface area contributed by atoms with Crippen LogP contribution in [0.2, 0.25) is 0 Å². The van der Waals surface area contributed by atoms with Crippen LogP contribution in [0.25, 0.3) is 32.5 Å². The lowest BCUT2D eigenvalue weighted by atomic mass is 10.1. The molecule has 1 N–H and O–H groups in total. The van der Waals surface area contributed by atoms with Gasteiger partial charge in [-0.05, 0) is 36.3 Å². The van der Waals surface area contributed by atoms with E-state index >= 15 is 0 Å². The highest BCUT2D eigenvalue weighted by molar-refractivity contribution is 7.17. The Morgan fingerprint density at radius 2 is 1.93 bits per heavy atom. The molecule has 4 aromatic rings. The predicted octanol–water partition coefficient (Wildman–Crippen LogP) is 5.79. The molecule has 0 saturated heterocycles. The lowest BCUT2D eigenvalue weighted by Gasteiger charge is -2.04. The first-order chi connectivity index (χ1) is 13.7. The molecule has 0 radical (unpaired) electrons.